The summed E-state index contributed by atoms with van der Waals surface area (Å²) in [7, 11) is 0. The fourth-order valence-electron chi connectivity index (χ4n) is 2.83. The second-order valence-corrected chi connectivity index (χ2v) is 7.43. The molecular formula is C17H20ClN3OS. The van der Waals surface area contributed by atoms with Crippen molar-refractivity contribution in [1.82, 2.24) is 15.6 Å². The largest absolute Gasteiger partial charge is 0.355 e. The first-order valence-corrected chi connectivity index (χ1v) is 8.97. The molecule has 0 atom stereocenters. The molecule has 4 nitrogen and oxygen atoms in total. The van der Waals surface area contributed by atoms with Crippen LogP contribution in [0.3, 0.4) is 0 Å². The Bertz CT molecular complexity index is 679. The third-order valence-corrected chi connectivity index (χ3v) is 5.59. The van der Waals surface area contributed by atoms with Gasteiger partial charge in [-0.05, 0) is 31.0 Å². The molecule has 0 saturated carbocycles. The second kappa shape index (κ2) is 6.99. The zero-order valence-corrected chi connectivity index (χ0v) is 14.6. The van der Waals surface area contributed by atoms with E-state index in [1.807, 2.05) is 36.7 Å². The summed E-state index contributed by atoms with van der Waals surface area (Å²) in [5.41, 5.74) is 3.72. The van der Waals surface area contributed by atoms with Gasteiger partial charge in [-0.25, -0.2) is 4.98 Å². The quantitative estimate of drug-likeness (QED) is 0.842. The number of aryl methyl sites for hydroxylation is 1. The number of rotatable bonds is 6. The lowest BCUT2D eigenvalue weighted by Crippen LogP contribution is -2.62. The Labute approximate surface area is 145 Å². The van der Waals surface area contributed by atoms with E-state index in [0.29, 0.717) is 6.54 Å². The van der Waals surface area contributed by atoms with Gasteiger partial charge in [-0.1, -0.05) is 23.7 Å². The summed E-state index contributed by atoms with van der Waals surface area (Å²) in [6, 6.07) is 7.75. The minimum Gasteiger partial charge on any atom is -0.355 e. The summed E-state index contributed by atoms with van der Waals surface area (Å²) in [6.07, 6.45) is 1.58. The maximum Gasteiger partial charge on any atom is 0.229 e. The summed E-state index contributed by atoms with van der Waals surface area (Å²) >= 11 is 7.57. The van der Waals surface area contributed by atoms with Crippen molar-refractivity contribution in [2.75, 3.05) is 19.6 Å². The molecule has 0 bridgehead atoms. The van der Waals surface area contributed by atoms with E-state index in [1.54, 1.807) is 11.3 Å². The molecule has 1 aromatic heterocycles. The zero-order chi connectivity index (χ0) is 16.3. The predicted molar refractivity (Wildman–Crippen MR) is 94.0 cm³/mol. The number of carbonyl (C=O) groups excluding carboxylic acids is 1. The van der Waals surface area contributed by atoms with Gasteiger partial charge in [-0.3, -0.25) is 4.79 Å². The summed E-state index contributed by atoms with van der Waals surface area (Å²) in [5, 5.41) is 7.05. The molecule has 122 valence electrons. The molecule has 3 rings (SSSR count). The smallest absolute Gasteiger partial charge is 0.229 e. The summed E-state index contributed by atoms with van der Waals surface area (Å²) < 4.78 is 0. The molecule has 1 saturated heterocycles. The van der Waals surface area contributed by atoms with Crippen molar-refractivity contribution < 1.29 is 4.79 Å². The van der Waals surface area contributed by atoms with Crippen molar-refractivity contribution in [1.29, 1.82) is 0 Å². The number of amides is 1. The lowest BCUT2D eigenvalue weighted by atomic mass is 9.75. The van der Waals surface area contributed by atoms with E-state index in [2.05, 4.69) is 15.6 Å². The van der Waals surface area contributed by atoms with Crippen molar-refractivity contribution in [2.24, 2.45) is 5.41 Å². The Kier molecular flexibility index (Phi) is 4.99. The van der Waals surface area contributed by atoms with Gasteiger partial charge in [0.25, 0.3) is 0 Å². The van der Waals surface area contributed by atoms with Crippen LogP contribution < -0.4 is 10.6 Å². The van der Waals surface area contributed by atoms with Gasteiger partial charge in [0.05, 0.1) is 16.6 Å². The average molecular weight is 350 g/mol. The maximum atomic E-state index is 12.6. The van der Waals surface area contributed by atoms with Gasteiger partial charge < -0.3 is 10.6 Å². The lowest BCUT2D eigenvalue weighted by molar-refractivity contribution is -0.133. The second-order valence-electron chi connectivity index (χ2n) is 6.05. The molecule has 0 spiro atoms. The van der Waals surface area contributed by atoms with Crippen LogP contribution in [-0.4, -0.2) is 30.5 Å². The van der Waals surface area contributed by atoms with Gasteiger partial charge in [-0.15, -0.1) is 11.3 Å². The molecule has 2 N–H and O–H groups in total. The Balaban J connectivity index is 1.57. The van der Waals surface area contributed by atoms with E-state index >= 15 is 0 Å². The van der Waals surface area contributed by atoms with Crippen LogP contribution >= 0.6 is 22.9 Å². The first-order chi connectivity index (χ1) is 11.1. The van der Waals surface area contributed by atoms with Crippen LogP contribution in [0.15, 0.2) is 29.8 Å². The molecule has 6 heteroatoms. The van der Waals surface area contributed by atoms with Gasteiger partial charge in [0.1, 0.15) is 0 Å². The van der Waals surface area contributed by atoms with Crippen LogP contribution in [0.1, 0.15) is 16.1 Å². The van der Waals surface area contributed by atoms with E-state index < -0.39 is 0 Å². The fourth-order valence-corrected chi connectivity index (χ4v) is 3.74. The number of nitrogens with zero attached hydrogens (tertiary/aromatic N) is 1. The summed E-state index contributed by atoms with van der Waals surface area (Å²) in [4.78, 5) is 18.1. The van der Waals surface area contributed by atoms with Gasteiger partial charge >= 0.3 is 0 Å². The van der Waals surface area contributed by atoms with Crippen molar-refractivity contribution in [2.45, 2.75) is 19.8 Å². The predicted octanol–water partition coefficient (Wildman–Crippen LogP) is 2.60. The van der Waals surface area contributed by atoms with Crippen LogP contribution in [0.4, 0.5) is 0 Å². The molecule has 1 aliphatic rings. The Morgan fingerprint density at radius 2 is 2.13 bits per heavy atom. The zero-order valence-electron chi connectivity index (χ0n) is 13.1. The molecule has 1 aromatic carbocycles. The highest BCUT2D eigenvalue weighted by atomic mass is 35.5. The molecule has 0 radical (unpaired) electrons. The number of nitrogens with one attached hydrogen (secondary N) is 2. The number of carbonyl (C=O) groups is 1. The summed E-state index contributed by atoms with van der Waals surface area (Å²) in [5.74, 6) is 0.133. The van der Waals surface area contributed by atoms with Crippen molar-refractivity contribution in [3.05, 3.63) is 50.9 Å². The number of halogens is 1. The topological polar surface area (TPSA) is 54.0 Å². The molecule has 2 aromatic rings. The number of thiazole rings is 1. The van der Waals surface area contributed by atoms with Crippen molar-refractivity contribution in [3.63, 3.8) is 0 Å². The fraction of sp³-hybridized carbons (Fsp3) is 0.412. The molecule has 1 fully saturated rings. The van der Waals surface area contributed by atoms with E-state index in [0.717, 1.165) is 42.2 Å². The van der Waals surface area contributed by atoms with E-state index in [-0.39, 0.29) is 11.3 Å². The van der Waals surface area contributed by atoms with Crippen LogP contribution in [0.25, 0.3) is 0 Å². The minimum absolute atomic E-state index is 0.133. The third kappa shape index (κ3) is 3.74. The first-order valence-electron chi connectivity index (χ1n) is 7.71. The molecule has 0 aliphatic carbocycles. The van der Waals surface area contributed by atoms with E-state index in [4.69, 9.17) is 11.6 Å². The van der Waals surface area contributed by atoms with E-state index in [1.165, 1.54) is 4.88 Å². The molecule has 2 heterocycles. The standard InChI is InChI=1S/C17H20ClN3OS/c1-12-15(23-11-21-12)6-7-20-16(22)17(9-19-10-17)8-13-2-4-14(18)5-3-13/h2-5,11,19H,6-10H2,1H3,(H,20,22). The van der Waals surface area contributed by atoms with Crippen LogP contribution in [0.2, 0.25) is 5.02 Å². The van der Waals surface area contributed by atoms with Crippen molar-refractivity contribution in [3.8, 4) is 0 Å². The molecule has 0 unspecified atom stereocenters. The number of hydrogen-bond acceptors (Lipinski definition) is 4. The first kappa shape index (κ1) is 16.4. The maximum absolute atomic E-state index is 12.6. The highest BCUT2D eigenvalue weighted by Gasteiger charge is 2.43. The highest BCUT2D eigenvalue weighted by Crippen LogP contribution is 2.28. The van der Waals surface area contributed by atoms with Gasteiger partial charge in [0.2, 0.25) is 5.91 Å². The molecule has 1 amide bonds. The molecule has 23 heavy (non-hydrogen) atoms. The van der Waals surface area contributed by atoms with Crippen LogP contribution in [-0.2, 0) is 17.6 Å². The van der Waals surface area contributed by atoms with E-state index in [9.17, 15) is 4.79 Å². The van der Waals surface area contributed by atoms with Gasteiger partial charge in [0, 0.05) is 36.0 Å². The summed E-state index contributed by atoms with van der Waals surface area (Å²) in [6.45, 7) is 4.11. The number of aromatic nitrogens is 1. The molecule has 1 aliphatic heterocycles. The Morgan fingerprint density at radius 1 is 1.39 bits per heavy atom. The normalized spacial score (nSPS) is 15.9. The minimum atomic E-state index is -0.337. The van der Waals surface area contributed by atoms with Crippen molar-refractivity contribution >= 4 is 28.8 Å². The van der Waals surface area contributed by atoms with Gasteiger partial charge in [0.15, 0.2) is 0 Å². The van der Waals surface area contributed by atoms with Crippen LogP contribution in [0.5, 0.6) is 0 Å². The Morgan fingerprint density at radius 3 is 2.70 bits per heavy atom. The number of benzene rings is 1. The Hall–Kier alpha value is -1.43. The lowest BCUT2D eigenvalue weighted by Gasteiger charge is -2.41. The van der Waals surface area contributed by atoms with Crippen LogP contribution in [0, 0.1) is 12.3 Å². The third-order valence-electron chi connectivity index (χ3n) is 4.35. The average Bonchev–Trinajstić information content (AvgIpc) is 2.90. The SMILES string of the molecule is Cc1ncsc1CCNC(=O)C1(Cc2ccc(Cl)cc2)CNC1. The number of hydrogen-bond donors (Lipinski definition) is 2. The van der Waals surface area contributed by atoms with Gasteiger partial charge in [-0.2, -0.15) is 0 Å². The highest BCUT2D eigenvalue weighted by molar-refractivity contribution is 7.09. The molecular weight excluding hydrogens is 330 g/mol. The monoisotopic (exact) mass is 349 g/mol.